The molecule has 5 heteroatoms. The molecule has 0 bridgehead atoms. The first kappa shape index (κ1) is 15.8. The molecular formula is C16H25N3O2. The molecule has 1 fully saturated rings. The van der Waals surface area contributed by atoms with Crippen LogP contribution < -0.4 is 10.6 Å². The van der Waals surface area contributed by atoms with Crippen LogP contribution in [0.4, 0.5) is 0 Å². The Balaban J connectivity index is 1.86. The number of nitrogens with zero attached hydrogens (tertiary/aromatic N) is 1. The summed E-state index contributed by atoms with van der Waals surface area (Å²) in [4.78, 5) is 4.55. The lowest BCUT2D eigenvalue weighted by Crippen LogP contribution is -2.43. The lowest BCUT2D eigenvalue weighted by atomic mass is 10.2. The zero-order valence-corrected chi connectivity index (χ0v) is 12.6. The van der Waals surface area contributed by atoms with Gasteiger partial charge in [0.15, 0.2) is 5.96 Å². The van der Waals surface area contributed by atoms with Crippen molar-refractivity contribution in [3.63, 3.8) is 0 Å². The van der Waals surface area contributed by atoms with Gasteiger partial charge in [-0.25, -0.2) is 4.99 Å². The molecule has 116 valence electrons. The topological polar surface area (TPSA) is 65.9 Å². The molecule has 21 heavy (non-hydrogen) atoms. The van der Waals surface area contributed by atoms with Crippen molar-refractivity contribution in [2.75, 3.05) is 19.7 Å². The summed E-state index contributed by atoms with van der Waals surface area (Å²) in [5, 5.41) is 15.8. The molecule has 0 spiro atoms. The van der Waals surface area contributed by atoms with E-state index in [9.17, 15) is 5.11 Å². The molecule has 0 aromatic heterocycles. The maximum absolute atomic E-state index is 9.40. The van der Waals surface area contributed by atoms with Crippen molar-refractivity contribution in [3.8, 4) is 0 Å². The summed E-state index contributed by atoms with van der Waals surface area (Å²) in [6.07, 6.45) is 2.08. The number of nitrogens with one attached hydrogen (secondary N) is 2. The molecule has 0 radical (unpaired) electrons. The van der Waals surface area contributed by atoms with E-state index in [4.69, 9.17) is 4.74 Å². The highest BCUT2D eigenvalue weighted by Gasteiger charge is 2.15. The van der Waals surface area contributed by atoms with Gasteiger partial charge in [-0.2, -0.15) is 0 Å². The average molecular weight is 291 g/mol. The number of ether oxygens (including phenoxy) is 1. The van der Waals surface area contributed by atoms with E-state index in [1.807, 2.05) is 18.2 Å². The van der Waals surface area contributed by atoms with Gasteiger partial charge >= 0.3 is 0 Å². The fourth-order valence-electron chi connectivity index (χ4n) is 2.19. The third-order valence-corrected chi connectivity index (χ3v) is 3.35. The predicted octanol–water partition coefficient (Wildman–Crippen LogP) is 1.28. The third kappa shape index (κ3) is 6.14. The number of aliphatic hydroxyl groups excluding tert-OH is 1. The zero-order valence-electron chi connectivity index (χ0n) is 12.6. The first-order valence-corrected chi connectivity index (χ1v) is 7.60. The summed E-state index contributed by atoms with van der Waals surface area (Å²) in [5.74, 6) is 0.718. The van der Waals surface area contributed by atoms with Crippen LogP contribution in [0, 0.1) is 0 Å². The molecule has 2 atom stereocenters. The fourth-order valence-corrected chi connectivity index (χ4v) is 2.19. The zero-order chi connectivity index (χ0) is 14.9. The van der Waals surface area contributed by atoms with Gasteiger partial charge in [-0.1, -0.05) is 30.3 Å². The molecule has 1 aromatic rings. The SMILES string of the molecule is CC(O)CNC(=NCc1ccccc1)NCC1CCCO1. The number of benzene rings is 1. The summed E-state index contributed by atoms with van der Waals surface area (Å²) in [6, 6.07) is 10.1. The van der Waals surface area contributed by atoms with Gasteiger partial charge in [0.2, 0.25) is 0 Å². The lowest BCUT2D eigenvalue weighted by Gasteiger charge is -2.16. The fraction of sp³-hybridized carbons (Fsp3) is 0.562. The van der Waals surface area contributed by atoms with Gasteiger partial charge in [0.25, 0.3) is 0 Å². The number of hydrogen-bond acceptors (Lipinski definition) is 3. The highest BCUT2D eigenvalue weighted by Crippen LogP contribution is 2.10. The monoisotopic (exact) mass is 291 g/mol. The van der Waals surface area contributed by atoms with Crippen molar-refractivity contribution in [2.45, 2.75) is 38.5 Å². The van der Waals surface area contributed by atoms with Gasteiger partial charge in [-0.05, 0) is 25.3 Å². The molecular weight excluding hydrogens is 266 g/mol. The van der Waals surface area contributed by atoms with E-state index >= 15 is 0 Å². The molecule has 1 aliphatic heterocycles. The Hall–Kier alpha value is -1.59. The molecule has 5 nitrogen and oxygen atoms in total. The number of rotatable bonds is 6. The minimum absolute atomic E-state index is 0.264. The number of hydrogen-bond donors (Lipinski definition) is 3. The van der Waals surface area contributed by atoms with Crippen LogP contribution in [0.1, 0.15) is 25.3 Å². The molecule has 0 aliphatic carbocycles. The Morgan fingerprint density at radius 1 is 1.38 bits per heavy atom. The first-order valence-electron chi connectivity index (χ1n) is 7.60. The van der Waals surface area contributed by atoms with Crippen LogP contribution in [0.2, 0.25) is 0 Å². The molecule has 0 saturated carbocycles. The number of aliphatic hydroxyl groups is 1. The molecule has 1 saturated heterocycles. The Labute approximate surface area is 126 Å². The maximum atomic E-state index is 9.40. The summed E-state index contributed by atoms with van der Waals surface area (Å²) in [7, 11) is 0. The minimum atomic E-state index is -0.406. The van der Waals surface area contributed by atoms with Crippen LogP contribution in [0.15, 0.2) is 35.3 Å². The molecule has 2 unspecified atom stereocenters. The lowest BCUT2D eigenvalue weighted by molar-refractivity contribution is 0.113. The standard InChI is InChI=1S/C16H25N3O2/c1-13(20)10-17-16(19-12-15-8-5-9-21-15)18-11-14-6-3-2-4-7-14/h2-4,6-7,13,15,20H,5,8-12H2,1H3,(H2,17,18,19). The van der Waals surface area contributed by atoms with Crippen molar-refractivity contribution in [1.82, 2.24) is 10.6 Å². The summed E-state index contributed by atoms with van der Waals surface area (Å²) < 4.78 is 5.60. The van der Waals surface area contributed by atoms with Crippen LogP contribution in [0.5, 0.6) is 0 Å². The highest BCUT2D eigenvalue weighted by molar-refractivity contribution is 5.79. The van der Waals surface area contributed by atoms with E-state index in [-0.39, 0.29) is 6.10 Å². The van der Waals surface area contributed by atoms with Crippen LogP contribution in [-0.4, -0.2) is 43.0 Å². The first-order chi connectivity index (χ1) is 10.2. The molecule has 1 heterocycles. The largest absolute Gasteiger partial charge is 0.392 e. The molecule has 3 N–H and O–H groups in total. The predicted molar refractivity (Wildman–Crippen MR) is 84.2 cm³/mol. The van der Waals surface area contributed by atoms with E-state index in [1.54, 1.807) is 6.92 Å². The Morgan fingerprint density at radius 3 is 2.86 bits per heavy atom. The van der Waals surface area contributed by atoms with Crippen molar-refractivity contribution in [3.05, 3.63) is 35.9 Å². The van der Waals surface area contributed by atoms with Crippen molar-refractivity contribution < 1.29 is 9.84 Å². The number of aliphatic imine (C=N–C) groups is 1. The van der Waals surface area contributed by atoms with Gasteiger partial charge in [0.1, 0.15) is 0 Å². The second-order valence-electron chi connectivity index (χ2n) is 5.40. The number of guanidine groups is 1. The van der Waals surface area contributed by atoms with Gasteiger partial charge in [-0.15, -0.1) is 0 Å². The maximum Gasteiger partial charge on any atom is 0.191 e. The summed E-state index contributed by atoms with van der Waals surface area (Å²) in [6.45, 7) is 4.44. The quantitative estimate of drug-likeness (QED) is 0.546. The van der Waals surface area contributed by atoms with E-state index in [1.165, 1.54) is 0 Å². The highest BCUT2D eigenvalue weighted by atomic mass is 16.5. The van der Waals surface area contributed by atoms with E-state index in [0.29, 0.717) is 13.1 Å². The van der Waals surface area contributed by atoms with E-state index in [2.05, 4.69) is 27.8 Å². The molecule has 1 aliphatic rings. The third-order valence-electron chi connectivity index (χ3n) is 3.35. The smallest absolute Gasteiger partial charge is 0.191 e. The molecule has 0 amide bonds. The van der Waals surface area contributed by atoms with E-state index in [0.717, 1.165) is 37.5 Å². The van der Waals surface area contributed by atoms with Gasteiger partial charge in [0.05, 0.1) is 18.8 Å². The van der Waals surface area contributed by atoms with Gasteiger partial charge < -0.3 is 20.5 Å². The second-order valence-corrected chi connectivity index (χ2v) is 5.40. The second kappa shape index (κ2) is 8.64. The molecule has 2 rings (SSSR count). The Kier molecular flexibility index (Phi) is 6.50. The van der Waals surface area contributed by atoms with Crippen molar-refractivity contribution in [1.29, 1.82) is 0 Å². The summed E-state index contributed by atoms with van der Waals surface area (Å²) in [5.41, 5.74) is 1.16. The summed E-state index contributed by atoms with van der Waals surface area (Å²) >= 11 is 0. The van der Waals surface area contributed by atoms with Crippen molar-refractivity contribution in [2.24, 2.45) is 4.99 Å². The van der Waals surface area contributed by atoms with Crippen LogP contribution in [0.3, 0.4) is 0 Å². The van der Waals surface area contributed by atoms with Crippen LogP contribution in [0.25, 0.3) is 0 Å². The van der Waals surface area contributed by atoms with Crippen molar-refractivity contribution >= 4 is 5.96 Å². The minimum Gasteiger partial charge on any atom is -0.392 e. The average Bonchev–Trinajstić information content (AvgIpc) is 3.00. The Morgan fingerprint density at radius 2 is 2.19 bits per heavy atom. The Bertz CT molecular complexity index is 428. The normalized spacial score (nSPS) is 20.3. The van der Waals surface area contributed by atoms with Gasteiger partial charge in [0, 0.05) is 19.7 Å². The van der Waals surface area contributed by atoms with Crippen LogP contribution in [-0.2, 0) is 11.3 Å². The van der Waals surface area contributed by atoms with Gasteiger partial charge in [-0.3, -0.25) is 0 Å². The molecule has 1 aromatic carbocycles. The van der Waals surface area contributed by atoms with E-state index < -0.39 is 6.10 Å². The van der Waals surface area contributed by atoms with Crippen LogP contribution >= 0.6 is 0 Å².